The Morgan fingerprint density at radius 3 is 2.55 bits per heavy atom. The number of carbonyl (C=O) groups excluding carboxylic acids is 2. The molecule has 22 heavy (non-hydrogen) atoms. The summed E-state index contributed by atoms with van der Waals surface area (Å²) in [4.78, 5) is 27.0. The largest absolute Gasteiger partial charge is 0.348 e. The van der Waals surface area contributed by atoms with Crippen LogP contribution in [0.5, 0.6) is 0 Å². The minimum atomic E-state index is -0.210. The summed E-state index contributed by atoms with van der Waals surface area (Å²) in [6.07, 6.45) is 7.53. The van der Waals surface area contributed by atoms with Crippen LogP contribution in [0.2, 0.25) is 0 Å². The van der Waals surface area contributed by atoms with Gasteiger partial charge in [-0.2, -0.15) is 0 Å². The molecule has 1 aromatic rings. The highest BCUT2D eigenvalue weighted by atomic mass is 32.1. The Labute approximate surface area is 136 Å². The van der Waals surface area contributed by atoms with E-state index in [9.17, 15) is 9.59 Å². The predicted molar refractivity (Wildman–Crippen MR) is 89.8 cm³/mol. The fraction of sp³-hybridized carbons (Fsp3) is 0.647. The topological polar surface area (TPSA) is 49.4 Å². The number of amides is 2. The van der Waals surface area contributed by atoms with Crippen molar-refractivity contribution in [2.24, 2.45) is 0 Å². The van der Waals surface area contributed by atoms with E-state index >= 15 is 0 Å². The van der Waals surface area contributed by atoms with E-state index in [0.717, 1.165) is 17.7 Å². The number of hydrogen-bond donors (Lipinski definition) is 1. The maximum Gasteiger partial charge on any atom is 0.225 e. The first-order valence-corrected chi connectivity index (χ1v) is 9.02. The molecule has 0 bridgehead atoms. The lowest BCUT2D eigenvalue weighted by Gasteiger charge is -2.29. The van der Waals surface area contributed by atoms with Crippen molar-refractivity contribution in [2.75, 3.05) is 7.05 Å². The second kappa shape index (κ2) is 8.32. The van der Waals surface area contributed by atoms with E-state index in [-0.39, 0.29) is 17.9 Å². The van der Waals surface area contributed by atoms with Gasteiger partial charge in [-0.15, -0.1) is 11.3 Å². The Bertz CT molecular complexity index is 479. The molecule has 2 rings (SSSR count). The van der Waals surface area contributed by atoms with Gasteiger partial charge in [0.25, 0.3) is 0 Å². The van der Waals surface area contributed by atoms with Gasteiger partial charge in [0.05, 0.1) is 12.5 Å². The van der Waals surface area contributed by atoms with Crippen molar-refractivity contribution in [3.05, 3.63) is 22.4 Å². The molecule has 1 aliphatic carbocycles. The molecule has 1 atom stereocenters. The summed E-state index contributed by atoms with van der Waals surface area (Å²) < 4.78 is 0. The summed E-state index contributed by atoms with van der Waals surface area (Å²) in [7, 11) is 1.91. The zero-order chi connectivity index (χ0) is 15.9. The standard InChI is InChI=1S/C17H26N2O2S/c1-13(20)18-15(16-10-7-11-22-16)12-17(21)19(2)14-8-5-3-4-6-9-14/h7,10-11,14-15H,3-6,8-9,12H2,1-2H3,(H,18,20)/t15-/m0/s1. The molecule has 1 heterocycles. The molecular formula is C17H26N2O2S. The van der Waals surface area contributed by atoms with Gasteiger partial charge in [-0.3, -0.25) is 9.59 Å². The smallest absolute Gasteiger partial charge is 0.225 e. The Morgan fingerprint density at radius 2 is 2.00 bits per heavy atom. The molecule has 0 aromatic carbocycles. The lowest BCUT2D eigenvalue weighted by Crippen LogP contribution is -2.39. The summed E-state index contributed by atoms with van der Waals surface area (Å²) >= 11 is 1.58. The Hall–Kier alpha value is -1.36. The van der Waals surface area contributed by atoms with Gasteiger partial charge in [0.2, 0.25) is 11.8 Å². The molecule has 0 radical (unpaired) electrons. The van der Waals surface area contributed by atoms with Crippen LogP contribution in [0.25, 0.3) is 0 Å². The number of hydrogen-bond acceptors (Lipinski definition) is 3. The van der Waals surface area contributed by atoms with Crippen LogP contribution in [0, 0.1) is 0 Å². The maximum absolute atomic E-state index is 12.6. The summed E-state index contributed by atoms with van der Waals surface area (Å²) in [5.41, 5.74) is 0. The van der Waals surface area contributed by atoms with Crippen LogP contribution >= 0.6 is 11.3 Å². The molecule has 2 amide bonds. The second-order valence-electron chi connectivity index (χ2n) is 6.12. The van der Waals surface area contributed by atoms with Crippen LogP contribution in [0.1, 0.15) is 62.8 Å². The minimum absolute atomic E-state index is 0.0941. The Balaban J connectivity index is 1.98. The van der Waals surface area contributed by atoms with E-state index in [2.05, 4.69) is 5.32 Å². The fourth-order valence-electron chi connectivity index (χ4n) is 3.13. The number of nitrogens with zero attached hydrogens (tertiary/aromatic N) is 1. The highest BCUT2D eigenvalue weighted by Crippen LogP contribution is 2.25. The first-order chi connectivity index (χ1) is 10.6. The Morgan fingerprint density at radius 1 is 1.32 bits per heavy atom. The van der Waals surface area contributed by atoms with Gasteiger partial charge in [0, 0.05) is 24.9 Å². The molecule has 122 valence electrons. The van der Waals surface area contributed by atoms with Crippen molar-refractivity contribution in [2.45, 2.75) is 64.0 Å². The van der Waals surface area contributed by atoms with E-state index < -0.39 is 0 Å². The maximum atomic E-state index is 12.6. The first kappa shape index (κ1) is 17.0. The third kappa shape index (κ3) is 4.83. The highest BCUT2D eigenvalue weighted by Gasteiger charge is 2.25. The SMILES string of the molecule is CC(=O)N[C@@H](CC(=O)N(C)C1CCCCCC1)c1cccs1. The molecule has 1 fully saturated rings. The lowest BCUT2D eigenvalue weighted by atomic mass is 10.1. The van der Waals surface area contributed by atoms with E-state index in [1.807, 2.05) is 29.5 Å². The van der Waals surface area contributed by atoms with E-state index in [4.69, 9.17) is 0 Å². The molecule has 1 aromatic heterocycles. The highest BCUT2D eigenvalue weighted by molar-refractivity contribution is 7.10. The van der Waals surface area contributed by atoms with Gasteiger partial charge >= 0.3 is 0 Å². The van der Waals surface area contributed by atoms with Crippen molar-refractivity contribution in [1.29, 1.82) is 0 Å². The van der Waals surface area contributed by atoms with E-state index in [1.54, 1.807) is 11.3 Å². The molecule has 1 aliphatic rings. The van der Waals surface area contributed by atoms with Crippen LogP contribution in [0.15, 0.2) is 17.5 Å². The van der Waals surface area contributed by atoms with Crippen LogP contribution in [-0.4, -0.2) is 29.8 Å². The molecule has 5 heteroatoms. The molecule has 0 unspecified atom stereocenters. The quantitative estimate of drug-likeness (QED) is 0.844. The predicted octanol–water partition coefficient (Wildman–Crippen LogP) is 3.50. The van der Waals surface area contributed by atoms with Gasteiger partial charge < -0.3 is 10.2 Å². The van der Waals surface area contributed by atoms with Crippen molar-refractivity contribution < 1.29 is 9.59 Å². The number of nitrogens with one attached hydrogen (secondary N) is 1. The molecular weight excluding hydrogens is 296 g/mol. The van der Waals surface area contributed by atoms with Crippen LogP contribution in [0.3, 0.4) is 0 Å². The molecule has 1 saturated carbocycles. The summed E-state index contributed by atoms with van der Waals surface area (Å²) in [5.74, 6) is 0.0300. The van der Waals surface area contributed by atoms with Gasteiger partial charge in [-0.25, -0.2) is 0 Å². The van der Waals surface area contributed by atoms with Crippen LogP contribution < -0.4 is 5.32 Å². The third-order valence-electron chi connectivity index (χ3n) is 4.41. The average molecular weight is 322 g/mol. The van der Waals surface area contributed by atoms with Gasteiger partial charge in [-0.1, -0.05) is 31.7 Å². The van der Waals surface area contributed by atoms with Crippen molar-refractivity contribution >= 4 is 23.2 Å². The van der Waals surface area contributed by atoms with Gasteiger partial charge in [0.1, 0.15) is 0 Å². The normalized spacial score (nSPS) is 17.5. The minimum Gasteiger partial charge on any atom is -0.348 e. The second-order valence-corrected chi connectivity index (χ2v) is 7.10. The summed E-state index contributed by atoms with van der Waals surface area (Å²) in [6, 6.07) is 4.08. The van der Waals surface area contributed by atoms with Crippen molar-refractivity contribution in [1.82, 2.24) is 10.2 Å². The zero-order valence-corrected chi connectivity index (χ0v) is 14.3. The van der Waals surface area contributed by atoms with Crippen molar-refractivity contribution in [3.63, 3.8) is 0 Å². The summed E-state index contributed by atoms with van der Waals surface area (Å²) in [6.45, 7) is 1.50. The molecule has 4 nitrogen and oxygen atoms in total. The Kier molecular flexibility index (Phi) is 6.43. The average Bonchev–Trinajstić information content (AvgIpc) is 2.88. The summed E-state index contributed by atoms with van der Waals surface area (Å²) in [5, 5.41) is 4.88. The van der Waals surface area contributed by atoms with Gasteiger partial charge in [0.15, 0.2) is 0 Å². The van der Waals surface area contributed by atoms with Crippen LogP contribution in [0.4, 0.5) is 0 Å². The molecule has 0 aliphatic heterocycles. The van der Waals surface area contributed by atoms with Gasteiger partial charge in [-0.05, 0) is 24.3 Å². The third-order valence-corrected chi connectivity index (χ3v) is 5.39. The van der Waals surface area contributed by atoms with Crippen molar-refractivity contribution in [3.8, 4) is 0 Å². The number of thiophene rings is 1. The van der Waals surface area contributed by atoms with Crippen LogP contribution in [-0.2, 0) is 9.59 Å². The van der Waals surface area contributed by atoms with E-state index in [1.165, 1.54) is 32.6 Å². The number of carbonyl (C=O) groups is 2. The van der Waals surface area contributed by atoms with E-state index in [0.29, 0.717) is 12.5 Å². The zero-order valence-electron chi connectivity index (χ0n) is 13.5. The first-order valence-electron chi connectivity index (χ1n) is 8.14. The molecule has 0 saturated heterocycles. The lowest BCUT2D eigenvalue weighted by molar-refractivity contribution is -0.133. The molecule has 1 N–H and O–H groups in total. The number of rotatable bonds is 5. The monoisotopic (exact) mass is 322 g/mol. The molecule has 0 spiro atoms. The fourth-order valence-corrected chi connectivity index (χ4v) is 3.90.